The number of hydrogen-bond donors (Lipinski definition) is 1. The molecule has 0 bridgehead atoms. The number of aromatic nitrogens is 1. The van der Waals surface area contributed by atoms with Crippen molar-refractivity contribution in [1.29, 1.82) is 0 Å². The molecule has 7 heteroatoms. The Bertz CT molecular complexity index is 659. The van der Waals surface area contributed by atoms with E-state index >= 15 is 0 Å². The monoisotopic (exact) mass is 316 g/mol. The molecule has 2 rings (SSSR count). The maximum atomic E-state index is 12.9. The van der Waals surface area contributed by atoms with Crippen LogP contribution < -0.4 is 10.1 Å². The van der Waals surface area contributed by atoms with Crippen molar-refractivity contribution in [1.82, 2.24) is 4.98 Å². The van der Waals surface area contributed by atoms with Gasteiger partial charge in [-0.1, -0.05) is 17.7 Å². The molecule has 112 valence electrons. The Morgan fingerprint density at radius 2 is 1.90 bits per heavy atom. The Morgan fingerprint density at radius 3 is 2.48 bits per heavy atom. The summed E-state index contributed by atoms with van der Waals surface area (Å²) < 4.78 is 43.8. The van der Waals surface area contributed by atoms with Crippen LogP contribution in [-0.4, -0.2) is 19.1 Å². The zero-order chi connectivity index (χ0) is 15.6. The van der Waals surface area contributed by atoms with E-state index in [0.717, 1.165) is 12.1 Å². The number of benzene rings is 1. The minimum atomic E-state index is -4.44. The fraction of sp³-hybridized carbons (Fsp3) is 0.214. The molecule has 1 aromatic carbocycles. The first kappa shape index (κ1) is 15.4. The third-order valence-electron chi connectivity index (χ3n) is 2.86. The van der Waals surface area contributed by atoms with Crippen molar-refractivity contribution < 1.29 is 17.9 Å². The maximum absolute atomic E-state index is 12.9. The summed E-state index contributed by atoms with van der Waals surface area (Å²) in [4.78, 5) is 4.13. The van der Waals surface area contributed by atoms with Crippen LogP contribution >= 0.6 is 11.6 Å². The summed E-state index contributed by atoms with van der Waals surface area (Å²) >= 11 is 5.91. The third kappa shape index (κ3) is 3.39. The lowest BCUT2D eigenvalue weighted by Crippen LogP contribution is -2.07. The number of halogens is 4. The molecule has 1 N–H and O–H groups in total. The van der Waals surface area contributed by atoms with Gasteiger partial charge < -0.3 is 10.1 Å². The summed E-state index contributed by atoms with van der Waals surface area (Å²) in [5, 5.41) is 3.00. The van der Waals surface area contributed by atoms with E-state index in [9.17, 15) is 13.2 Å². The van der Waals surface area contributed by atoms with Crippen molar-refractivity contribution in [3.63, 3.8) is 0 Å². The van der Waals surface area contributed by atoms with Crippen molar-refractivity contribution >= 4 is 17.4 Å². The van der Waals surface area contributed by atoms with E-state index in [-0.39, 0.29) is 11.5 Å². The van der Waals surface area contributed by atoms with E-state index in [2.05, 4.69) is 10.3 Å². The van der Waals surface area contributed by atoms with E-state index in [0.29, 0.717) is 16.3 Å². The number of pyridine rings is 1. The van der Waals surface area contributed by atoms with Crippen LogP contribution in [0, 0.1) is 0 Å². The molecule has 1 heterocycles. The fourth-order valence-corrected chi connectivity index (χ4v) is 1.98. The Morgan fingerprint density at radius 1 is 1.19 bits per heavy atom. The lowest BCUT2D eigenvalue weighted by molar-refractivity contribution is -0.137. The highest BCUT2D eigenvalue weighted by Gasteiger charge is 2.31. The highest BCUT2D eigenvalue weighted by Crippen LogP contribution is 2.35. The highest BCUT2D eigenvalue weighted by molar-refractivity contribution is 6.32. The minimum absolute atomic E-state index is 0.133. The van der Waals surface area contributed by atoms with E-state index in [4.69, 9.17) is 16.3 Å². The van der Waals surface area contributed by atoms with E-state index in [1.165, 1.54) is 14.2 Å². The van der Waals surface area contributed by atoms with Gasteiger partial charge in [0.1, 0.15) is 11.6 Å². The second-order valence-electron chi connectivity index (χ2n) is 4.22. The van der Waals surface area contributed by atoms with Gasteiger partial charge >= 0.3 is 6.18 Å². The number of methoxy groups -OCH3 is 1. The summed E-state index contributed by atoms with van der Waals surface area (Å²) in [6, 6.07) is 6.63. The van der Waals surface area contributed by atoms with Crippen LogP contribution in [0.1, 0.15) is 5.56 Å². The smallest absolute Gasteiger partial charge is 0.416 e. The minimum Gasteiger partial charge on any atom is -0.495 e. The molecule has 0 radical (unpaired) electrons. The Kier molecular flexibility index (Phi) is 4.27. The summed E-state index contributed by atoms with van der Waals surface area (Å²) in [6.07, 6.45) is -4.44. The first-order valence-electron chi connectivity index (χ1n) is 5.96. The van der Waals surface area contributed by atoms with Crippen LogP contribution in [0.15, 0.2) is 30.3 Å². The standard InChI is InChI=1S/C14H12ClF3N2O/c1-19-13-7-9(14(16,17)18)6-11(20-13)8-3-4-10(15)12(5-8)21-2/h3-7H,1-2H3,(H,19,20). The molecule has 0 aliphatic heterocycles. The summed E-state index contributed by atoms with van der Waals surface area (Å²) in [5.74, 6) is 0.508. The second-order valence-corrected chi connectivity index (χ2v) is 4.63. The van der Waals surface area contributed by atoms with Crippen LogP contribution in [0.5, 0.6) is 5.75 Å². The Hall–Kier alpha value is -1.95. The Labute approximate surface area is 124 Å². The number of hydrogen-bond acceptors (Lipinski definition) is 3. The molecule has 21 heavy (non-hydrogen) atoms. The van der Waals surface area contributed by atoms with Gasteiger partial charge in [0.2, 0.25) is 0 Å². The third-order valence-corrected chi connectivity index (χ3v) is 3.17. The topological polar surface area (TPSA) is 34.1 Å². The largest absolute Gasteiger partial charge is 0.495 e. The molecule has 2 aromatic rings. The van der Waals surface area contributed by atoms with Crippen molar-refractivity contribution in [3.05, 3.63) is 40.9 Å². The molecule has 0 unspecified atom stereocenters. The predicted molar refractivity (Wildman–Crippen MR) is 75.8 cm³/mol. The first-order valence-corrected chi connectivity index (χ1v) is 6.34. The van der Waals surface area contributed by atoms with Gasteiger partial charge in [0.15, 0.2) is 0 Å². The zero-order valence-corrected chi connectivity index (χ0v) is 12.0. The molecule has 0 amide bonds. The van der Waals surface area contributed by atoms with Gasteiger partial charge in [-0.3, -0.25) is 0 Å². The number of alkyl halides is 3. The lowest BCUT2D eigenvalue weighted by Gasteiger charge is -2.12. The zero-order valence-electron chi connectivity index (χ0n) is 11.3. The van der Waals surface area contributed by atoms with Crippen molar-refractivity contribution in [3.8, 4) is 17.0 Å². The summed E-state index contributed by atoms with van der Waals surface area (Å²) in [5.41, 5.74) is -0.103. The quantitative estimate of drug-likeness (QED) is 0.907. The van der Waals surface area contributed by atoms with Gasteiger partial charge in [-0.2, -0.15) is 13.2 Å². The molecule has 1 aromatic heterocycles. The number of nitrogens with one attached hydrogen (secondary N) is 1. The first-order chi connectivity index (χ1) is 9.85. The van der Waals surface area contributed by atoms with E-state index in [1.54, 1.807) is 18.2 Å². The lowest BCUT2D eigenvalue weighted by atomic mass is 10.1. The number of anilines is 1. The molecule has 0 saturated heterocycles. The van der Waals surface area contributed by atoms with E-state index in [1.807, 2.05) is 0 Å². The van der Waals surface area contributed by atoms with Crippen molar-refractivity contribution in [2.24, 2.45) is 0 Å². The van der Waals surface area contributed by atoms with E-state index < -0.39 is 11.7 Å². The average molecular weight is 317 g/mol. The summed E-state index contributed by atoms with van der Waals surface area (Å²) in [7, 11) is 2.94. The molecule has 0 aliphatic rings. The Balaban J connectivity index is 2.58. The molecular formula is C14H12ClF3N2O. The predicted octanol–water partition coefficient (Wildman–Crippen LogP) is 4.47. The molecule has 0 aliphatic carbocycles. The fourth-order valence-electron chi connectivity index (χ4n) is 1.79. The number of rotatable bonds is 3. The molecule has 0 fully saturated rings. The molecule has 3 nitrogen and oxygen atoms in total. The molecule has 0 spiro atoms. The van der Waals surface area contributed by atoms with Gasteiger partial charge in [0, 0.05) is 12.6 Å². The van der Waals surface area contributed by atoms with Gasteiger partial charge in [0.25, 0.3) is 0 Å². The average Bonchev–Trinajstić information content (AvgIpc) is 2.46. The SMILES string of the molecule is CNc1cc(C(F)(F)F)cc(-c2ccc(Cl)c(OC)c2)n1. The van der Waals surface area contributed by atoms with Crippen LogP contribution in [0.4, 0.5) is 19.0 Å². The number of nitrogens with zero attached hydrogens (tertiary/aromatic N) is 1. The van der Waals surface area contributed by atoms with Crippen LogP contribution in [0.25, 0.3) is 11.3 Å². The second kappa shape index (κ2) is 5.81. The van der Waals surface area contributed by atoms with Gasteiger partial charge in [-0.05, 0) is 24.3 Å². The summed E-state index contributed by atoms with van der Waals surface area (Å²) in [6.45, 7) is 0. The molecule has 0 saturated carbocycles. The number of ether oxygens (including phenoxy) is 1. The maximum Gasteiger partial charge on any atom is 0.416 e. The van der Waals surface area contributed by atoms with Crippen LogP contribution in [-0.2, 0) is 6.18 Å². The van der Waals surface area contributed by atoms with Gasteiger partial charge in [0.05, 0.1) is 23.4 Å². The normalized spacial score (nSPS) is 11.3. The van der Waals surface area contributed by atoms with Crippen LogP contribution in [0.2, 0.25) is 5.02 Å². The van der Waals surface area contributed by atoms with Crippen LogP contribution in [0.3, 0.4) is 0 Å². The van der Waals surface area contributed by atoms with Crippen molar-refractivity contribution in [2.45, 2.75) is 6.18 Å². The van der Waals surface area contributed by atoms with Crippen molar-refractivity contribution in [2.75, 3.05) is 19.5 Å². The van der Waals surface area contributed by atoms with Gasteiger partial charge in [-0.15, -0.1) is 0 Å². The van der Waals surface area contributed by atoms with Gasteiger partial charge in [-0.25, -0.2) is 4.98 Å². The molecular weight excluding hydrogens is 305 g/mol. The molecule has 0 atom stereocenters. The highest BCUT2D eigenvalue weighted by atomic mass is 35.5.